The second-order valence-corrected chi connectivity index (χ2v) is 6.22. The molecular weight excluding hydrogens is 266 g/mol. The van der Waals surface area contributed by atoms with Crippen molar-refractivity contribution in [3.8, 4) is 0 Å². The minimum atomic E-state index is -3.21. The van der Waals surface area contributed by atoms with Gasteiger partial charge in [0.15, 0.2) is 0 Å². The third-order valence-electron chi connectivity index (χ3n) is 2.06. The molecule has 1 fully saturated rings. The molecule has 1 saturated heterocycles. The molecule has 1 aliphatic heterocycles. The van der Waals surface area contributed by atoms with Crippen molar-refractivity contribution in [2.45, 2.75) is 11.8 Å². The van der Waals surface area contributed by atoms with Crippen LogP contribution in [0.4, 0.5) is 0 Å². The quantitative estimate of drug-likeness (QED) is 0.772. The maximum Gasteiger partial charge on any atom is 0.243 e. The Morgan fingerprint density at radius 3 is 2.43 bits per heavy atom. The van der Waals surface area contributed by atoms with E-state index in [-0.39, 0.29) is 0 Å². The summed E-state index contributed by atoms with van der Waals surface area (Å²) in [5.41, 5.74) is 0.944. The van der Waals surface area contributed by atoms with Crippen molar-refractivity contribution in [2.24, 2.45) is 0 Å². The van der Waals surface area contributed by atoms with E-state index in [1.807, 2.05) is 13.0 Å². The number of sulfonamides is 1. The van der Waals surface area contributed by atoms with Gasteiger partial charge in [0.1, 0.15) is 0 Å². The van der Waals surface area contributed by atoms with Gasteiger partial charge in [-0.25, -0.2) is 8.42 Å². The molecule has 0 bridgehead atoms. The van der Waals surface area contributed by atoms with E-state index < -0.39 is 10.0 Å². The molecule has 2 rings (SSSR count). The van der Waals surface area contributed by atoms with E-state index in [9.17, 15) is 8.42 Å². The fourth-order valence-corrected chi connectivity index (χ4v) is 3.51. The maximum absolute atomic E-state index is 11.8. The first-order chi connectivity index (χ1) is 6.50. The van der Waals surface area contributed by atoms with E-state index in [0.29, 0.717) is 18.0 Å². The van der Waals surface area contributed by atoms with Gasteiger partial charge in [0.05, 0.1) is 4.90 Å². The van der Waals surface area contributed by atoms with Crippen LogP contribution in [0.2, 0.25) is 0 Å². The summed E-state index contributed by atoms with van der Waals surface area (Å²) in [5, 5.41) is 0. The van der Waals surface area contributed by atoms with Gasteiger partial charge >= 0.3 is 0 Å². The van der Waals surface area contributed by atoms with Crippen molar-refractivity contribution >= 4 is 26.0 Å². The Balaban J connectivity index is 2.50. The van der Waals surface area contributed by atoms with Gasteiger partial charge in [0.2, 0.25) is 10.0 Å². The minimum Gasteiger partial charge on any atom is -0.207 e. The van der Waals surface area contributed by atoms with E-state index in [2.05, 4.69) is 15.9 Å². The van der Waals surface area contributed by atoms with Gasteiger partial charge in [-0.15, -0.1) is 0 Å². The summed E-state index contributed by atoms with van der Waals surface area (Å²) < 4.78 is 25.9. The molecule has 1 aliphatic rings. The molecular formula is C9H10BrNO2S. The summed E-state index contributed by atoms with van der Waals surface area (Å²) >= 11 is 3.29. The molecule has 0 spiro atoms. The predicted molar refractivity (Wildman–Crippen MR) is 57.6 cm³/mol. The van der Waals surface area contributed by atoms with Crippen molar-refractivity contribution in [1.29, 1.82) is 0 Å². The molecule has 14 heavy (non-hydrogen) atoms. The van der Waals surface area contributed by atoms with Gasteiger partial charge in [-0.3, -0.25) is 0 Å². The second kappa shape index (κ2) is 3.32. The summed E-state index contributed by atoms with van der Waals surface area (Å²) in [5.74, 6) is 0. The number of aryl methyl sites for hydroxylation is 1. The highest BCUT2D eigenvalue weighted by molar-refractivity contribution is 9.10. The van der Waals surface area contributed by atoms with Crippen molar-refractivity contribution in [3.05, 3.63) is 28.2 Å². The van der Waals surface area contributed by atoms with E-state index in [0.717, 1.165) is 10.0 Å². The molecule has 0 radical (unpaired) electrons. The molecule has 0 N–H and O–H groups in total. The third kappa shape index (κ3) is 1.85. The zero-order valence-electron chi connectivity index (χ0n) is 7.70. The lowest BCUT2D eigenvalue weighted by Gasteiger charge is -2.05. The normalized spacial score (nSPS) is 17.0. The maximum atomic E-state index is 11.8. The smallest absolute Gasteiger partial charge is 0.207 e. The summed E-state index contributed by atoms with van der Waals surface area (Å²) in [7, 11) is -3.21. The number of nitrogens with zero attached hydrogens (tertiary/aromatic N) is 1. The van der Waals surface area contributed by atoms with Gasteiger partial charge in [-0.1, -0.05) is 15.9 Å². The molecule has 3 nitrogen and oxygen atoms in total. The van der Waals surface area contributed by atoms with Crippen LogP contribution in [0.5, 0.6) is 0 Å². The Hall–Kier alpha value is -0.390. The molecule has 76 valence electrons. The zero-order valence-corrected chi connectivity index (χ0v) is 10.1. The van der Waals surface area contributed by atoms with Gasteiger partial charge in [0.25, 0.3) is 0 Å². The van der Waals surface area contributed by atoms with Crippen LogP contribution in [0.25, 0.3) is 0 Å². The zero-order chi connectivity index (χ0) is 10.3. The molecule has 0 amide bonds. The van der Waals surface area contributed by atoms with Crippen LogP contribution < -0.4 is 0 Å². The van der Waals surface area contributed by atoms with E-state index in [4.69, 9.17) is 0 Å². The summed E-state index contributed by atoms with van der Waals surface area (Å²) in [6.07, 6.45) is 0. The molecule has 0 saturated carbocycles. The Morgan fingerprint density at radius 2 is 1.93 bits per heavy atom. The number of rotatable bonds is 2. The summed E-state index contributed by atoms with van der Waals surface area (Å²) in [6.45, 7) is 3.17. The molecule has 5 heteroatoms. The number of benzene rings is 1. The predicted octanol–water partition coefficient (Wildman–Crippen LogP) is 1.76. The Labute approximate surface area is 91.9 Å². The molecule has 1 aromatic carbocycles. The molecule has 0 unspecified atom stereocenters. The first kappa shape index (κ1) is 10.1. The summed E-state index contributed by atoms with van der Waals surface area (Å²) in [6, 6.07) is 5.22. The Morgan fingerprint density at radius 1 is 1.29 bits per heavy atom. The molecule has 1 heterocycles. The molecule has 0 atom stereocenters. The van der Waals surface area contributed by atoms with E-state index in [1.54, 1.807) is 12.1 Å². The van der Waals surface area contributed by atoms with Gasteiger partial charge < -0.3 is 0 Å². The number of halogens is 1. The summed E-state index contributed by atoms with van der Waals surface area (Å²) in [4.78, 5) is 0.377. The molecule has 0 aromatic heterocycles. The number of hydrogen-bond donors (Lipinski definition) is 0. The average Bonchev–Trinajstić information content (AvgIpc) is 2.83. The SMILES string of the molecule is Cc1cc(Br)cc(S(=O)(=O)N2CC2)c1. The van der Waals surface area contributed by atoms with Crippen molar-refractivity contribution in [2.75, 3.05) is 13.1 Å². The lowest BCUT2D eigenvalue weighted by molar-refractivity contribution is 0.563. The van der Waals surface area contributed by atoms with Crippen molar-refractivity contribution in [1.82, 2.24) is 4.31 Å². The first-order valence-corrected chi connectivity index (χ1v) is 6.51. The fourth-order valence-electron chi connectivity index (χ4n) is 1.28. The van der Waals surface area contributed by atoms with Crippen LogP contribution in [-0.2, 0) is 10.0 Å². The van der Waals surface area contributed by atoms with Gasteiger partial charge in [0, 0.05) is 17.6 Å². The van der Waals surface area contributed by atoms with Crippen LogP contribution >= 0.6 is 15.9 Å². The van der Waals surface area contributed by atoms with Crippen LogP contribution in [0.3, 0.4) is 0 Å². The highest BCUT2D eigenvalue weighted by atomic mass is 79.9. The van der Waals surface area contributed by atoms with E-state index >= 15 is 0 Å². The topological polar surface area (TPSA) is 37.1 Å². The van der Waals surface area contributed by atoms with Crippen molar-refractivity contribution in [3.63, 3.8) is 0 Å². The molecule has 1 aromatic rings. The van der Waals surface area contributed by atoms with Crippen LogP contribution in [-0.4, -0.2) is 25.8 Å². The fraction of sp³-hybridized carbons (Fsp3) is 0.333. The third-order valence-corrected chi connectivity index (χ3v) is 4.39. The standard InChI is InChI=1S/C9H10BrNO2S/c1-7-4-8(10)6-9(5-7)14(12,13)11-2-3-11/h4-6H,2-3H2,1H3. The highest BCUT2D eigenvalue weighted by Gasteiger charge is 2.33. The molecule has 0 aliphatic carbocycles. The average molecular weight is 276 g/mol. The second-order valence-electron chi connectivity index (χ2n) is 3.37. The minimum absolute atomic E-state index is 0.377. The van der Waals surface area contributed by atoms with Crippen LogP contribution in [0.1, 0.15) is 5.56 Å². The van der Waals surface area contributed by atoms with Crippen molar-refractivity contribution < 1.29 is 8.42 Å². The monoisotopic (exact) mass is 275 g/mol. The first-order valence-electron chi connectivity index (χ1n) is 4.27. The highest BCUT2D eigenvalue weighted by Crippen LogP contribution is 2.25. The van der Waals surface area contributed by atoms with E-state index in [1.165, 1.54) is 4.31 Å². The Bertz CT molecular complexity index is 445. The van der Waals surface area contributed by atoms with Crippen LogP contribution in [0.15, 0.2) is 27.6 Å². The lowest BCUT2D eigenvalue weighted by atomic mass is 10.2. The van der Waals surface area contributed by atoms with Gasteiger partial charge in [-0.05, 0) is 30.7 Å². The van der Waals surface area contributed by atoms with Gasteiger partial charge in [-0.2, -0.15) is 4.31 Å². The van der Waals surface area contributed by atoms with Crippen LogP contribution in [0, 0.1) is 6.92 Å². The lowest BCUT2D eigenvalue weighted by Crippen LogP contribution is -2.11. The number of hydrogen-bond acceptors (Lipinski definition) is 2. The Kier molecular flexibility index (Phi) is 2.41. The largest absolute Gasteiger partial charge is 0.243 e.